The van der Waals surface area contributed by atoms with Crippen molar-refractivity contribution in [1.82, 2.24) is 19.8 Å². The average molecular weight is 427 g/mol. The Bertz CT molecular complexity index is 1300. The lowest BCUT2D eigenvalue weighted by molar-refractivity contribution is 0.100. The van der Waals surface area contributed by atoms with Crippen molar-refractivity contribution in [3.05, 3.63) is 77.0 Å². The summed E-state index contributed by atoms with van der Waals surface area (Å²) in [6.07, 6.45) is 3.82. The van der Waals surface area contributed by atoms with Crippen molar-refractivity contribution in [2.75, 3.05) is 31.2 Å². The fourth-order valence-electron chi connectivity index (χ4n) is 5.20. The molecule has 2 aromatic carbocycles. The third-order valence-corrected chi connectivity index (χ3v) is 6.81. The van der Waals surface area contributed by atoms with Gasteiger partial charge in [0.05, 0.1) is 23.1 Å². The van der Waals surface area contributed by atoms with E-state index in [1.807, 2.05) is 24.4 Å². The second-order valence-corrected chi connectivity index (χ2v) is 8.72. The summed E-state index contributed by atoms with van der Waals surface area (Å²) in [4.78, 5) is 14.4. The number of carbonyl (C=O) groups excluding carboxylic acids is 1. The highest BCUT2D eigenvalue weighted by molar-refractivity contribution is 6.00. The van der Waals surface area contributed by atoms with Crippen LogP contribution in [0.15, 0.2) is 54.7 Å². The molecule has 1 aliphatic heterocycles. The van der Waals surface area contributed by atoms with E-state index in [1.54, 1.807) is 0 Å². The number of carbonyl (C=O) groups is 1. The molecule has 162 valence electrons. The van der Waals surface area contributed by atoms with Gasteiger partial charge in [0.15, 0.2) is 0 Å². The molecule has 0 atom stereocenters. The SMILES string of the molecule is NC(=O)c1ccc2c(c1)c1c(n2N2CCN(Cc3ccccc3)CC2)-c2[nH]ncc2CC1. The zero-order valence-electron chi connectivity index (χ0n) is 17.9. The maximum Gasteiger partial charge on any atom is 0.248 e. The maximum atomic E-state index is 11.8. The van der Waals surface area contributed by atoms with Gasteiger partial charge in [0.25, 0.3) is 0 Å². The van der Waals surface area contributed by atoms with Gasteiger partial charge in [-0.15, -0.1) is 0 Å². The number of benzene rings is 2. The molecule has 3 N–H and O–H groups in total. The van der Waals surface area contributed by atoms with E-state index in [0.717, 1.165) is 62.2 Å². The number of piperazine rings is 1. The fourth-order valence-corrected chi connectivity index (χ4v) is 5.20. The Morgan fingerprint density at radius 3 is 2.62 bits per heavy atom. The van der Waals surface area contributed by atoms with Gasteiger partial charge in [0.1, 0.15) is 0 Å². The number of nitrogens with one attached hydrogen (secondary N) is 1. The molecule has 6 rings (SSSR count). The summed E-state index contributed by atoms with van der Waals surface area (Å²) in [5, 5.41) is 11.1. The number of aromatic amines is 1. The van der Waals surface area contributed by atoms with Crippen LogP contribution in [0.25, 0.3) is 22.3 Å². The normalized spacial score (nSPS) is 16.2. The average Bonchev–Trinajstić information content (AvgIpc) is 3.42. The molecule has 1 aliphatic carbocycles. The van der Waals surface area contributed by atoms with Crippen LogP contribution in [0.2, 0.25) is 0 Å². The summed E-state index contributed by atoms with van der Waals surface area (Å²) < 4.78 is 2.35. The molecule has 1 saturated heterocycles. The van der Waals surface area contributed by atoms with Crippen LogP contribution in [0, 0.1) is 0 Å². The number of aromatic nitrogens is 3. The highest BCUT2D eigenvalue weighted by atomic mass is 16.1. The number of aryl methyl sites for hydroxylation is 2. The number of hydrogen-bond acceptors (Lipinski definition) is 4. The van der Waals surface area contributed by atoms with E-state index in [2.05, 4.69) is 55.1 Å². The quantitative estimate of drug-likeness (QED) is 0.526. The Kier molecular flexibility index (Phi) is 4.50. The largest absolute Gasteiger partial charge is 0.366 e. The minimum absolute atomic E-state index is 0.388. The van der Waals surface area contributed by atoms with Crippen molar-refractivity contribution in [3.63, 3.8) is 0 Å². The predicted octanol–water partition coefficient (Wildman–Crippen LogP) is 2.68. The number of H-pyrrole nitrogens is 1. The van der Waals surface area contributed by atoms with Gasteiger partial charge in [-0.2, -0.15) is 5.10 Å². The molecular formula is C25H26N6O. The van der Waals surface area contributed by atoms with Crippen molar-refractivity contribution < 1.29 is 4.79 Å². The van der Waals surface area contributed by atoms with Crippen molar-refractivity contribution >= 4 is 16.8 Å². The van der Waals surface area contributed by atoms with E-state index in [0.29, 0.717) is 5.56 Å². The summed E-state index contributed by atoms with van der Waals surface area (Å²) in [6.45, 7) is 4.84. The van der Waals surface area contributed by atoms with E-state index < -0.39 is 0 Å². The lowest BCUT2D eigenvalue weighted by atomic mass is 9.93. The Labute approximate surface area is 186 Å². The second kappa shape index (κ2) is 7.53. The minimum Gasteiger partial charge on any atom is -0.366 e. The second-order valence-electron chi connectivity index (χ2n) is 8.72. The van der Waals surface area contributed by atoms with Crippen LogP contribution in [0.4, 0.5) is 0 Å². The lowest BCUT2D eigenvalue weighted by Crippen LogP contribution is -2.51. The Hall–Kier alpha value is -3.58. The highest BCUT2D eigenvalue weighted by Crippen LogP contribution is 2.39. The summed E-state index contributed by atoms with van der Waals surface area (Å²) >= 11 is 0. The van der Waals surface area contributed by atoms with E-state index in [4.69, 9.17) is 5.73 Å². The van der Waals surface area contributed by atoms with Crippen LogP contribution in [0.1, 0.15) is 27.0 Å². The molecule has 0 saturated carbocycles. The van der Waals surface area contributed by atoms with E-state index >= 15 is 0 Å². The number of primary amides is 1. The first kappa shape index (κ1) is 19.1. The summed E-state index contributed by atoms with van der Waals surface area (Å²) in [7, 11) is 0. The van der Waals surface area contributed by atoms with Gasteiger partial charge in [-0.1, -0.05) is 30.3 Å². The Balaban J connectivity index is 1.38. The van der Waals surface area contributed by atoms with E-state index in [1.165, 1.54) is 22.4 Å². The van der Waals surface area contributed by atoms with Crippen LogP contribution in [0.3, 0.4) is 0 Å². The van der Waals surface area contributed by atoms with Gasteiger partial charge in [-0.05, 0) is 47.7 Å². The summed E-state index contributed by atoms with van der Waals surface area (Å²) in [6, 6.07) is 16.5. The zero-order valence-corrected chi connectivity index (χ0v) is 17.9. The van der Waals surface area contributed by atoms with Crippen LogP contribution in [-0.2, 0) is 19.4 Å². The smallest absolute Gasteiger partial charge is 0.248 e. The van der Waals surface area contributed by atoms with E-state index in [-0.39, 0.29) is 5.91 Å². The third kappa shape index (κ3) is 3.08. The van der Waals surface area contributed by atoms with Crippen molar-refractivity contribution in [2.45, 2.75) is 19.4 Å². The molecule has 3 heterocycles. The number of nitrogens with zero attached hydrogens (tertiary/aromatic N) is 4. The molecule has 7 nitrogen and oxygen atoms in total. The predicted molar refractivity (Wildman–Crippen MR) is 125 cm³/mol. The lowest BCUT2D eigenvalue weighted by Gasteiger charge is -2.38. The monoisotopic (exact) mass is 426 g/mol. The van der Waals surface area contributed by atoms with Crippen LogP contribution >= 0.6 is 0 Å². The van der Waals surface area contributed by atoms with Gasteiger partial charge >= 0.3 is 0 Å². The van der Waals surface area contributed by atoms with E-state index in [9.17, 15) is 4.79 Å². The number of nitrogens with two attached hydrogens (primary N) is 1. The van der Waals surface area contributed by atoms with Crippen LogP contribution in [0.5, 0.6) is 0 Å². The number of rotatable bonds is 4. The fraction of sp³-hybridized carbons (Fsp3) is 0.280. The summed E-state index contributed by atoms with van der Waals surface area (Å²) in [5.74, 6) is -0.388. The van der Waals surface area contributed by atoms with Gasteiger partial charge in [0.2, 0.25) is 5.91 Å². The molecule has 2 aromatic heterocycles. The standard InChI is InChI=1S/C25H26N6O/c26-25(32)18-7-9-22-21(14-18)20-8-6-19-15-27-28-23(19)24(20)31(22)30-12-10-29(11-13-30)16-17-4-2-1-3-5-17/h1-5,7,9,14-15H,6,8,10-13,16H2,(H2,26,32)(H,27,28). The minimum atomic E-state index is -0.388. The van der Waals surface area contributed by atoms with Crippen molar-refractivity contribution in [1.29, 1.82) is 0 Å². The first-order valence-electron chi connectivity index (χ1n) is 11.2. The molecule has 32 heavy (non-hydrogen) atoms. The van der Waals surface area contributed by atoms with Gasteiger partial charge in [-0.25, -0.2) is 0 Å². The molecule has 1 amide bonds. The van der Waals surface area contributed by atoms with Gasteiger partial charge in [-0.3, -0.25) is 19.5 Å². The molecule has 0 radical (unpaired) electrons. The number of fused-ring (bicyclic) bond motifs is 5. The molecule has 7 heteroatoms. The first-order valence-corrected chi connectivity index (χ1v) is 11.2. The molecule has 2 aliphatic rings. The Morgan fingerprint density at radius 1 is 1.03 bits per heavy atom. The molecule has 1 fully saturated rings. The Morgan fingerprint density at radius 2 is 1.84 bits per heavy atom. The molecule has 0 spiro atoms. The molecule has 0 unspecified atom stereocenters. The van der Waals surface area contributed by atoms with Gasteiger partial charge in [0, 0.05) is 43.7 Å². The van der Waals surface area contributed by atoms with Crippen LogP contribution in [-0.4, -0.2) is 51.9 Å². The zero-order chi connectivity index (χ0) is 21.7. The molecular weight excluding hydrogens is 400 g/mol. The summed E-state index contributed by atoms with van der Waals surface area (Å²) in [5.41, 5.74) is 13.4. The van der Waals surface area contributed by atoms with Crippen molar-refractivity contribution in [3.8, 4) is 11.4 Å². The number of hydrogen-bond donors (Lipinski definition) is 2. The van der Waals surface area contributed by atoms with Crippen molar-refractivity contribution in [2.24, 2.45) is 5.73 Å². The highest BCUT2D eigenvalue weighted by Gasteiger charge is 2.30. The van der Waals surface area contributed by atoms with Gasteiger partial charge < -0.3 is 10.7 Å². The maximum absolute atomic E-state index is 11.8. The molecule has 4 aromatic rings. The number of amides is 1. The topological polar surface area (TPSA) is 83.2 Å². The first-order chi connectivity index (χ1) is 15.7. The third-order valence-electron chi connectivity index (χ3n) is 6.81. The van der Waals surface area contributed by atoms with Crippen LogP contribution < -0.4 is 10.7 Å². The molecule has 0 bridgehead atoms.